The van der Waals surface area contributed by atoms with E-state index in [9.17, 15) is 9.90 Å². The highest BCUT2D eigenvalue weighted by molar-refractivity contribution is 6.02. The predicted octanol–water partition coefficient (Wildman–Crippen LogP) is 1.79. The third-order valence-corrected chi connectivity index (χ3v) is 2.82. The molecule has 0 atom stereocenters. The van der Waals surface area contributed by atoms with E-state index in [0.29, 0.717) is 24.3 Å². The maximum atomic E-state index is 11.3. The van der Waals surface area contributed by atoms with Gasteiger partial charge >= 0.3 is 5.97 Å². The fraction of sp³-hybridized carbons (Fsp3) is 0.214. The van der Waals surface area contributed by atoms with Gasteiger partial charge in [-0.25, -0.2) is 4.79 Å². The number of hydrogen-bond donors (Lipinski definition) is 1. The van der Waals surface area contributed by atoms with Crippen LogP contribution in [0.5, 0.6) is 0 Å². The highest BCUT2D eigenvalue weighted by Crippen LogP contribution is 2.27. The second kappa shape index (κ2) is 5.36. The number of nitrogens with zero attached hydrogens (tertiary/aromatic N) is 3. The molecule has 2 aromatic rings. The highest BCUT2D eigenvalue weighted by atomic mass is 16.4. The molecular formula is C14H13N3O2. The molecule has 96 valence electrons. The topological polar surface area (TPSA) is 66.3 Å². The normalized spacial score (nSPS) is 10.1. The second-order valence-corrected chi connectivity index (χ2v) is 3.94. The van der Waals surface area contributed by atoms with E-state index in [1.165, 1.54) is 0 Å². The Hall–Kier alpha value is -2.61. The van der Waals surface area contributed by atoms with Crippen molar-refractivity contribution in [2.75, 3.05) is 18.0 Å². The molecule has 0 unspecified atom stereocenters. The molecular weight excluding hydrogens is 242 g/mol. The Balaban J connectivity index is 2.75. The second-order valence-electron chi connectivity index (χ2n) is 3.94. The molecule has 1 N–H and O–H groups in total. The number of rotatable bonds is 4. The number of terminal acetylenes is 1. The average molecular weight is 255 g/mol. The van der Waals surface area contributed by atoms with Gasteiger partial charge in [0.15, 0.2) is 5.69 Å². The van der Waals surface area contributed by atoms with E-state index >= 15 is 0 Å². The summed E-state index contributed by atoms with van der Waals surface area (Å²) >= 11 is 0. The van der Waals surface area contributed by atoms with Gasteiger partial charge in [-0.15, -0.1) is 16.6 Å². The van der Waals surface area contributed by atoms with Gasteiger partial charge in [0.25, 0.3) is 0 Å². The summed E-state index contributed by atoms with van der Waals surface area (Å²) in [6.07, 6.45) is 5.34. The summed E-state index contributed by atoms with van der Waals surface area (Å²) in [7, 11) is 0. The van der Waals surface area contributed by atoms with Crippen LogP contribution in [0.1, 0.15) is 17.4 Å². The van der Waals surface area contributed by atoms with Gasteiger partial charge in [-0.3, -0.25) is 0 Å². The summed E-state index contributed by atoms with van der Waals surface area (Å²) in [4.78, 5) is 13.1. The van der Waals surface area contributed by atoms with Gasteiger partial charge in [0.05, 0.1) is 17.7 Å². The van der Waals surface area contributed by atoms with Crippen LogP contribution in [0.4, 0.5) is 5.69 Å². The Morgan fingerprint density at radius 3 is 2.79 bits per heavy atom. The average Bonchev–Trinajstić information content (AvgIpc) is 2.43. The molecule has 0 aliphatic carbocycles. The van der Waals surface area contributed by atoms with Crippen LogP contribution in [-0.2, 0) is 0 Å². The van der Waals surface area contributed by atoms with E-state index in [4.69, 9.17) is 6.42 Å². The quantitative estimate of drug-likeness (QED) is 0.844. The molecule has 0 aliphatic heterocycles. The van der Waals surface area contributed by atoms with Crippen molar-refractivity contribution in [3.05, 3.63) is 30.0 Å². The zero-order valence-electron chi connectivity index (χ0n) is 10.5. The smallest absolute Gasteiger partial charge is 0.358 e. The van der Waals surface area contributed by atoms with Crippen LogP contribution in [0.3, 0.4) is 0 Å². The van der Waals surface area contributed by atoms with Gasteiger partial charge in [-0.05, 0) is 13.0 Å². The molecule has 2 rings (SSSR count). The maximum Gasteiger partial charge on any atom is 0.358 e. The fourth-order valence-corrected chi connectivity index (χ4v) is 1.96. The van der Waals surface area contributed by atoms with Crippen molar-refractivity contribution in [3.8, 4) is 12.3 Å². The molecule has 0 saturated carbocycles. The van der Waals surface area contributed by atoms with Gasteiger partial charge in [0.2, 0.25) is 0 Å². The monoisotopic (exact) mass is 255 g/mol. The standard InChI is InChI=1S/C14H13N3O2/c1-3-9-17(4-2)13-10-7-5-6-8-11(10)15-16-12(13)14(18)19/h1,5-8H,4,9H2,2H3,(H,18,19). The van der Waals surface area contributed by atoms with Gasteiger partial charge in [-0.1, -0.05) is 24.1 Å². The number of carboxylic acid groups (broad SMARTS) is 1. The minimum absolute atomic E-state index is 0.0733. The van der Waals surface area contributed by atoms with Crippen LogP contribution in [0, 0.1) is 12.3 Å². The molecule has 1 heterocycles. The van der Waals surface area contributed by atoms with Crippen molar-refractivity contribution in [1.29, 1.82) is 0 Å². The Morgan fingerprint density at radius 2 is 2.16 bits per heavy atom. The number of aromatic carboxylic acids is 1. The molecule has 19 heavy (non-hydrogen) atoms. The number of carboxylic acids is 1. The zero-order chi connectivity index (χ0) is 13.8. The van der Waals surface area contributed by atoms with Crippen LogP contribution in [-0.4, -0.2) is 34.4 Å². The molecule has 0 fully saturated rings. The van der Waals surface area contributed by atoms with Crippen LogP contribution in [0.25, 0.3) is 10.9 Å². The van der Waals surface area contributed by atoms with Crippen molar-refractivity contribution in [1.82, 2.24) is 10.2 Å². The summed E-state index contributed by atoms with van der Waals surface area (Å²) in [6, 6.07) is 7.29. The maximum absolute atomic E-state index is 11.3. The zero-order valence-corrected chi connectivity index (χ0v) is 10.5. The van der Waals surface area contributed by atoms with Crippen molar-refractivity contribution in [3.63, 3.8) is 0 Å². The van der Waals surface area contributed by atoms with E-state index in [2.05, 4.69) is 16.1 Å². The molecule has 0 radical (unpaired) electrons. The minimum Gasteiger partial charge on any atom is -0.476 e. The number of fused-ring (bicyclic) bond motifs is 1. The summed E-state index contributed by atoms with van der Waals surface area (Å²) in [5.41, 5.74) is 1.10. The van der Waals surface area contributed by atoms with E-state index in [-0.39, 0.29) is 5.69 Å². The number of anilines is 1. The highest BCUT2D eigenvalue weighted by Gasteiger charge is 2.20. The van der Waals surface area contributed by atoms with Crippen molar-refractivity contribution >= 4 is 22.6 Å². The Bertz CT molecular complexity index is 661. The van der Waals surface area contributed by atoms with Crippen LogP contribution in [0.2, 0.25) is 0 Å². The number of carbonyl (C=O) groups is 1. The number of hydrogen-bond acceptors (Lipinski definition) is 4. The SMILES string of the molecule is C#CCN(CC)c1c(C(=O)O)nnc2ccccc12. The summed E-state index contributed by atoms with van der Waals surface area (Å²) in [6.45, 7) is 2.84. The molecule has 0 amide bonds. The van der Waals surface area contributed by atoms with Gasteiger partial charge in [0, 0.05) is 11.9 Å². The predicted molar refractivity (Wildman–Crippen MR) is 73.2 cm³/mol. The molecule has 0 aliphatic rings. The van der Waals surface area contributed by atoms with Crippen LogP contribution < -0.4 is 4.90 Å². The Kier molecular flexibility index (Phi) is 3.62. The lowest BCUT2D eigenvalue weighted by molar-refractivity contribution is 0.0690. The van der Waals surface area contributed by atoms with Gasteiger partial charge in [-0.2, -0.15) is 0 Å². The number of benzene rings is 1. The van der Waals surface area contributed by atoms with E-state index in [1.807, 2.05) is 25.1 Å². The lowest BCUT2D eigenvalue weighted by Gasteiger charge is -2.22. The summed E-state index contributed by atoms with van der Waals surface area (Å²) < 4.78 is 0. The van der Waals surface area contributed by atoms with Crippen molar-refractivity contribution < 1.29 is 9.90 Å². The molecule has 0 saturated heterocycles. The lowest BCUT2D eigenvalue weighted by atomic mass is 10.1. The third-order valence-electron chi connectivity index (χ3n) is 2.82. The van der Waals surface area contributed by atoms with Gasteiger partial charge < -0.3 is 10.0 Å². The fourth-order valence-electron chi connectivity index (χ4n) is 1.96. The molecule has 1 aromatic heterocycles. The molecule has 0 bridgehead atoms. The molecule has 5 heteroatoms. The molecule has 0 spiro atoms. The first kappa shape index (κ1) is 12.8. The first-order chi connectivity index (χ1) is 9.19. The minimum atomic E-state index is -1.11. The van der Waals surface area contributed by atoms with E-state index in [1.54, 1.807) is 11.0 Å². The van der Waals surface area contributed by atoms with E-state index in [0.717, 1.165) is 5.39 Å². The van der Waals surface area contributed by atoms with Gasteiger partial charge in [0.1, 0.15) is 0 Å². The van der Waals surface area contributed by atoms with E-state index < -0.39 is 5.97 Å². The molecule has 5 nitrogen and oxygen atoms in total. The largest absolute Gasteiger partial charge is 0.476 e. The van der Waals surface area contributed by atoms with Crippen molar-refractivity contribution in [2.45, 2.75) is 6.92 Å². The lowest BCUT2D eigenvalue weighted by Crippen LogP contribution is -2.26. The first-order valence-electron chi connectivity index (χ1n) is 5.86. The Labute approximate surface area is 110 Å². The summed E-state index contributed by atoms with van der Waals surface area (Å²) in [5.74, 6) is 1.43. The van der Waals surface area contributed by atoms with Crippen molar-refractivity contribution in [2.24, 2.45) is 0 Å². The third kappa shape index (κ3) is 2.33. The van der Waals surface area contributed by atoms with Crippen LogP contribution >= 0.6 is 0 Å². The number of aromatic nitrogens is 2. The Morgan fingerprint density at radius 1 is 1.42 bits per heavy atom. The van der Waals surface area contributed by atoms with Crippen LogP contribution in [0.15, 0.2) is 24.3 Å². The first-order valence-corrected chi connectivity index (χ1v) is 5.86. The summed E-state index contributed by atoms with van der Waals surface area (Å²) in [5, 5.41) is 17.7. The molecule has 1 aromatic carbocycles.